The zero-order valence-electron chi connectivity index (χ0n) is 10.6. The molecule has 0 spiro atoms. The second-order valence-corrected chi connectivity index (χ2v) is 4.20. The molecule has 1 N–H and O–H groups in total. The van der Waals surface area contributed by atoms with E-state index in [0.29, 0.717) is 11.4 Å². The second-order valence-electron chi connectivity index (χ2n) is 4.20. The maximum atomic E-state index is 11.9. The van der Waals surface area contributed by atoms with Crippen molar-refractivity contribution >= 4 is 11.7 Å². The van der Waals surface area contributed by atoms with E-state index in [9.17, 15) is 4.79 Å². The standard InChI is InChI=1S/C12H15N5O/c1-9-5-4-6-10(7-9)12(18)15-17-13-8-11(14-17)16(2)3/h4-8H,1-3H3,(H,15,18). The predicted octanol–water partition coefficient (Wildman–Crippen LogP) is 1.04. The van der Waals surface area contributed by atoms with E-state index in [4.69, 9.17) is 0 Å². The summed E-state index contributed by atoms with van der Waals surface area (Å²) in [4.78, 5) is 14.9. The quantitative estimate of drug-likeness (QED) is 0.877. The number of aryl methyl sites for hydroxylation is 1. The zero-order valence-corrected chi connectivity index (χ0v) is 10.6. The molecule has 18 heavy (non-hydrogen) atoms. The molecular formula is C12H15N5O. The first-order valence-electron chi connectivity index (χ1n) is 5.54. The maximum Gasteiger partial charge on any atom is 0.272 e. The Kier molecular flexibility index (Phi) is 3.27. The molecule has 1 aromatic heterocycles. The molecule has 2 rings (SSSR count). The Morgan fingerprint density at radius 2 is 2.17 bits per heavy atom. The SMILES string of the molecule is Cc1cccc(C(=O)Nn2ncc(N(C)C)n2)c1. The number of carbonyl (C=O) groups excluding carboxylic acids is 1. The third-order valence-corrected chi connectivity index (χ3v) is 2.42. The van der Waals surface area contributed by atoms with E-state index >= 15 is 0 Å². The highest BCUT2D eigenvalue weighted by Gasteiger charge is 2.08. The largest absolute Gasteiger partial charge is 0.360 e. The molecule has 1 aromatic carbocycles. The van der Waals surface area contributed by atoms with Gasteiger partial charge in [0, 0.05) is 19.7 Å². The molecule has 0 bridgehead atoms. The van der Waals surface area contributed by atoms with Crippen molar-refractivity contribution in [2.75, 3.05) is 24.4 Å². The normalized spacial score (nSPS) is 10.2. The number of amides is 1. The molecule has 0 radical (unpaired) electrons. The van der Waals surface area contributed by atoms with E-state index in [1.165, 1.54) is 4.91 Å². The number of nitrogens with zero attached hydrogens (tertiary/aromatic N) is 4. The lowest BCUT2D eigenvalue weighted by molar-refractivity contribution is 0.100. The molecule has 6 heteroatoms. The number of nitrogens with one attached hydrogen (secondary N) is 1. The van der Waals surface area contributed by atoms with E-state index in [1.807, 2.05) is 44.1 Å². The zero-order chi connectivity index (χ0) is 13.1. The van der Waals surface area contributed by atoms with Crippen LogP contribution in [-0.4, -0.2) is 35.1 Å². The van der Waals surface area contributed by atoms with Gasteiger partial charge >= 0.3 is 0 Å². The minimum atomic E-state index is -0.236. The van der Waals surface area contributed by atoms with Crippen molar-refractivity contribution in [2.45, 2.75) is 6.92 Å². The smallest absolute Gasteiger partial charge is 0.272 e. The third-order valence-electron chi connectivity index (χ3n) is 2.42. The van der Waals surface area contributed by atoms with Crippen LogP contribution in [0.2, 0.25) is 0 Å². The number of hydrogen-bond acceptors (Lipinski definition) is 4. The first kappa shape index (κ1) is 12.1. The van der Waals surface area contributed by atoms with Gasteiger partial charge in [0.2, 0.25) is 0 Å². The highest BCUT2D eigenvalue weighted by Crippen LogP contribution is 2.05. The molecule has 2 aromatic rings. The Labute approximate surface area is 105 Å². The number of anilines is 1. The van der Waals surface area contributed by atoms with Crippen molar-refractivity contribution in [1.29, 1.82) is 0 Å². The minimum absolute atomic E-state index is 0.236. The van der Waals surface area contributed by atoms with Gasteiger partial charge in [0.15, 0.2) is 5.82 Å². The summed E-state index contributed by atoms with van der Waals surface area (Å²) in [5.41, 5.74) is 4.20. The van der Waals surface area contributed by atoms with Gasteiger partial charge < -0.3 is 4.90 Å². The summed E-state index contributed by atoms with van der Waals surface area (Å²) in [6.07, 6.45) is 1.58. The number of rotatable bonds is 3. The predicted molar refractivity (Wildman–Crippen MR) is 69.2 cm³/mol. The molecule has 6 nitrogen and oxygen atoms in total. The summed E-state index contributed by atoms with van der Waals surface area (Å²) >= 11 is 0. The van der Waals surface area contributed by atoms with Crippen LogP contribution >= 0.6 is 0 Å². The molecular weight excluding hydrogens is 230 g/mol. The summed E-state index contributed by atoms with van der Waals surface area (Å²) in [5, 5.41) is 8.05. The average Bonchev–Trinajstić information content (AvgIpc) is 2.77. The van der Waals surface area contributed by atoms with Crippen LogP contribution in [0, 0.1) is 6.92 Å². The Balaban J connectivity index is 2.11. The van der Waals surface area contributed by atoms with Crippen LogP contribution < -0.4 is 10.3 Å². The van der Waals surface area contributed by atoms with E-state index in [1.54, 1.807) is 12.3 Å². The summed E-state index contributed by atoms with van der Waals surface area (Å²) in [7, 11) is 3.72. The molecule has 0 unspecified atom stereocenters. The van der Waals surface area contributed by atoms with E-state index in [0.717, 1.165) is 5.56 Å². The maximum absolute atomic E-state index is 11.9. The van der Waals surface area contributed by atoms with Gasteiger partial charge in [-0.2, -0.15) is 0 Å². The van der Waals surface area contributed by atoms with Crippen molar-refractivity contribution < 1.29 is 4.79 Å². The summed E-state index contributed by atoms with van der Waals surface area (Å²) in [6.45, 7) is 1.94. The molecule has 0 saturated heterocycles. The first-order valence-corrected chi connectivity index (χ1v) is 5.54. The summed E-state index contributed by atoms with van der Waals surface area (Å²) in [6, 6.07) is 7.34. The van der Waals surface area contributed by atoms with Gasteiger partial charge in [-0.1, -0.05) is 22.6 Å². The van der Waals surface area contributed by atoms with Gasteiger partial charge in [-0.15, -0.1) is 10.2 Å². The van der Waals surface area contributed by atoms with Crippen LogP contribution in [0.15, 0.2) is 30.5 Å². The van der Waals surface area contributed by atoms with Crippen LogP contribution in [0.25, 0.3) is 0 Å². The molecule has 0 aliphatic rings. The van der Waals surface area contributed by atoms with E-state index < -0.39 is 0 Å². The highest BCUT2D eigenvalue weighted by atomic mass is 16.2. The van der Waals surface area contributed by atoms with Crippen LogP contribution in [-0.2, 0) is 0 Å². The van der Waals surface area contributed by atoms with Gasteiger partial charge in [-0.25, -0.2) is 5.43 Å². The van der Waals surface area contributed by atoms with Crippen LogP contribution in [0.5, 0.6) is 0 Å². The lowest BCUT2D eigenvalue weighted by Gasteiger charge is -2.06. The lowest BCUT2D eigenvalue weighted by Crippen LogP contribution is -2.25. The fourth-order valence-corrected chi connectivity index (χ4v) is 1.46. The molecule has 94 valence electrons. The van der Waals surface area contributed by atoms with Gasteiger partial charge in [-0.05, 0) is 19.1 Å². The fraction of sp³-hybridized carbons (Fsp3) is 0.250. The Hall–Kier alpha value is -2.37. The lowest BCUT2D eigenvalue weighted by atomic mass is 10.1. The van der Waals surface area contributed by atoms with Crippen molar-refractivity contribution in [3.05, 3.63) is 41.6 Å². The van der Waals surface area contributed by atoms with Gasteiger partial charge in [0.1, 0.15) is 0 Å². The van der Waals surface area contributed by atoms with Crippen LogP contribution in [0.3, 0.4) is 0 Å². The van der Waals surface area contributed by atoms with Crippen molar-refractivity contribution in [2.24, 2.45) is 0 Å². The molecule has 1 amide bonds. The van der Waals surface area contributed by atoms with Crippen molar-refractivity contribution in [3.8, 4) is 0 Å². The molecule has 0 saturated carbocycles. The Morgan fingerprint density at radius 3 is 2.78 bits per heavy atom. The van der Waals surface area contributed by atoms with Crippen LogP contribution in [0.4, 0.5) is 5.82 Å². The Bertz CT molecular complexity index is 561. The molecule has 1 heterocycles. The number of benzene rings is 1. The monoisotopic (exact) mass is 245 g/mol. The van der Waals surface area contributed by atoms with Crippen molar-refractivity contribution in [1.82, 2.24) is 15.1 Å². The minimum Gasteiger partial charge on any atom is -0.360 e. The first-order chi connectivity index (χ1) is 8.56. The molecule has 0 aliphatic heterocycles. The van der Waals surface area contributed by atoms with E-state index in [2.05, 4.69) is 15.6 Å². The van der Waals surface area contributed by atoms with Gasteiger partial charge in [-0.3, -0.25) is 4.79 Å². The summed E-state index contributed by atoms with van der Waals surface area (Å²) < 4.78 is 0. The molecule has 0 atom stereocenters. The van der Waals surface area contributed by atoms with Crippen molar-refractivity contribution in [3.63, 3.8) is 0 Å². The Morgan fingerprint density at radius 1 is 1.39 bits per heavy atom. The third kappa shape index (κ3) is 2.65. The van der Waals surface area contributed by atoms with E-state index in [-0.39, 0.29) is 5.91 Å². The fourth-order valence-electron chi connectivity index (χ4n) is 1.46. The average molecular weight is 245 g/mol. The number of aromatic nitrogens is 3. The summed E-state index contributed by atoms with van der Waals surface area (Å²) in [5.74, 6) is 0.444. The second kappa shape index (κ2) is 4.87. The number of carbonyl (C=O) groups is 1. The molecule has 0 aliphatic carbocycles. The number of hydrogen-bond donors (Lipinski definition) is 1. The van der Waals surface area contributed by atoms with Gasteiger partial charge in [0.25, 0.3) is 5.91 Å². The highest BCUT2D eigenvalue weighted by molar-refractivity contribution is 5.99. The van der Waals surface area contributed by atoms with Gasteiger partial charge in [0.05, 0.1) is 6.20 Å². The molecule has 0 fully saturated rings. The topological polar surface area (TPSA) is 63.1 Å². The van der Waals surface area contributed by atoms with Crippen LogP contribution in [0.1, 0.15) is 15.9 Å².